The van der Waals surface area contributed by atoms with Gasteiger partial charge in [0, 0.05) is 10.9 Å². The quantitative estimate of drug-likeness (QED) is 0.133. The zero-order valence-electron chi connectivity index (χ0n) is 21.5. The molecule has 4 aromatic rings. The minimum atomic E-state index is -4.56. The number of benzene rings is 3. The van der Waals surface area contributed by atoms with Crippen LogP contribution in [0.4, 0.5) is 22.0 Å². The molecule has 0 fully saturated rings. The van der Waals surface area contributed by atoms with Crippen molar-refractivity contribution in [3.8, 4) is 22.9 Å². The van der Waals surface area contributed by atoms with Gasteiger partial charge < -0.3 is 9.47 Å². The molecule has 0 bridgehead atoms. The zero-order valence-corrected chi connectivity index (χ0v) is 21.5. The van der Waals surface area contributed by atoms with E-state index in [0.29, 0.717) is 46.5 Å². The number of rotatable bonds is 12. The molecule has 39 heavy (non-hydrogen) atoms. The molecule has 206 valence electrons. The van der Waals surface area contributed by atoms with Crippen LogP contribution in [0.3, 0.4) is 0 Å². The molecule has 0 amide bonds. The third kappa shape index (κ3) is 7.88. The molecular formula is C30H29F5N2O2. The molecule has 3 aromatic carbocycles. The van der Waals surface area contributed by atoms with Gasteiger partial charge in [-0.2, -0.15) is 13.2 Å². The Morgan fingerprint density at radius 1 is 0.821 bits per heavy atom. The highest BCUT2D eigenvalue weighted by Crippen LogP contribution is 2.28. The molecule has 4 nitrogen and oxygen atoms in total. The number of alkyl halides is 3. The Hall–Kier alpha value is -3.75. The molecule has 0 unspecified atom stereocenters. The Labute approximate surface area is 223 Å². The largest absolute Gasteiger partial charge is 0.490 e. The fraction of sp³-hybridized carbons (Fsp3) is 0.333. The smallest absolute Gasteiger partial charge is 0.422 e. The maximum atomic E-state index is 15.3. The van der Waals surface area contributed by atoms with E-state index < -0.39 is 24.3 Å². The average Bonchev–Trinajstić information content (AvgIpc) is 2.92. The lowest BCUT2D eigenvalue weighted by molar-refractivity contribution is -0.153. The molecule has 0 N–H and O–H groups in total. The highest BCUT2D eigenvalue weighted by molar-refractivity contribution is 5.87. The molecule has 9 heteroatoms. The number of aromatic nitrogens is 2. The molecule has 0 saturated carbocycles. The van der Waals surface area contributed by atoms with Crippen LogP contribution in [-0.2, 0) is 12.8 Å². The summed E-state index contributed by atoms with van der Waals surface area (Å²) in [6.45, 7) is 1.21. The number of fused-ring (bicyclic) bond motifs is 1. The van der Waals surface area contributed by atoms with Gasteiger partial charge in [-0.3, -0.25) is 0 Å². The van der Waals surface area contributed by atoms with Crippen LogP contribution >= 0.6 is 0 Å². The second-order valence-electron chi connectivity index (χ2n) is 9.29. The molecular weight excluding hydrogens is 515 g/mol. The maximum absolute atomic E-state index is 15.3. The predicted molar refractivity (Wildman–Crippen MR) is 140 cm³/mol. The van der Waals surface area contributed by atoms with E-state index in [-0.39, 0.29) is 12.2 Å². The Morgan fingerprint density at radius 2 is 1.62 bits per heavy atom. The number of aryl methyl sites for hydroxylation is 2. The van der Waals surface area contributed by atoms with Gasteiger partial charge in [-0.25, -0.2) is 18.7 Å². The zero-order chi connectivity index (χ0) is 27.8. The van der Waals surface area contributed by atoms with Crippen LogP contribution < -0.4 is 9.47 Å². The third-order valence-corrected chi connectivity index (χ3v) is 6.26. The van der Waals surface area contributed by atoms with E-state index in [4.69, 9.17) is 4.74 Å². The molecule has 1 aromatic heterocycles. The number of hydrogen-bond acceptors (Lipinski definition) is 4. The van der Waals surface area contributed by atoms with Gasteiger partial charge in [-0.15, -0.1) is 0 Å². The third-order valence-electron chi connectivity index (χ3n) is 6.26. The van der Waals surface area contributed by atoms with Crippen LogP contribution in [0.2, 0.25) is 0 Å². The van der Waals surface area contributed by atoms with Crippen molar-refractivity contribution in [2.45, 2.75) is 51.6 Å². The summed E-state index contributed by atoms with van der Waals surface area (Å²) in [6.07, 6.45) is 3.76. The van der Waals surface area contributed by atoms with Gasteiger partial charge in [-0.05, 0) is 54.0 Å². The van der Waals surface area contributed by atoms with E-state index in [1.807, 2.05) is 6.07 Å². The fourth-order valence-electron chi connectivity index (χ4n) is 4.18. The van der Waals surface area contributed by atoms with E-state index in [1.165, 1.54) is 18.9 Å². The van der Waals surface area contributed by atoms with Crippen LogP contribution in [0.15, 0.2) is 60.9 Å². The van der Waals surface area contributed by atoms with Crippen molar-refractivity contribution < 1.29 is 31.4 Å². The molecule has 0 radical (unpaired) electrons. The van der Waals surface area contributed by atoms with Crippen molar-refractivity contribution in [3.05, 3.63) is 83.7 Å². The molecule has 0 saturated heterocycles. The Bertz CT molecular complexity index is 1390. The summed E-state index contributed by atoms with van der Waals surface area (Å²) in [5.74, 6) is -0.633. The minimum absolute atomic E-state index is 0.286. The first-order chi connectivity index (χ1) is 18.7. The lowest BCUT2D eigenvalue weighted by atomic mass is 9.99. The van der Waals surface area contributed by atoms with Crippen molar-refractivity contribution in [2.24, 2.45) is 0 Å². The average molecular weight is 545 g/mol. The summed E-state index contributed by atoms with van der Waals surface area (Å²) in [6, 6.07) is 12.5. The normalized spacial score (nSPS) is 11.6. The van der Waals surface area contributed by atoms with Gasteiger partial charge in [0.25, 0.3) is 0 Å². The fourth-order valence-corrected chi connectivity index (χ4v) is 4.18. The number of halogens is 5. The summed E-state index contributed by atoms with van der Waals surface area (Å²) < 4.78 is 76.5. The number of ether oxygens (including phenoxy) is 2. The second kappa shape index (κ2) is 12.9. The molecule has 0 aliphatic rings. The Morgan fingerprint density at radius 3 is 2.33 bits per heavy atom. The van der Waals surface area contributed by atoms with Crippen molar-refractivity contribution in [2.75, 3.05) is 13.2 Å². The van der Waals surface area contributed by atoms with Crippen LogP contribution in [0.5, 0.6) is 11.5 Å². The standard InChI is InChI=1S/C30H29F5N2O2/c1-2-3-4-5-14-38-24-17-36-29(37-18-24)23-11-12-25-22(16-23)10-9-21(28(25)32)8-6-20-7-13-27(26(31)15-20)39-19-30(33,34)35/h7,9-13,15-18H,2-6,8,14,19H2,1H3. The van der Waals surface area contributed by atoms with E-state index in [0.717, 1.165) is 30.5 Å². The van der Waals surface area contributed by atoms with Crippen molar-refractivity contribution in [1.29, 1.82) is 0 Å². The molecule has 0 spiro atoms. The highest BCUT2D eigenvalue weighted by atomic mass is 19.4. The Balaban J connectivity index is 1.39. The van der Waals surface area contributed by atoms with Crippen molar-refractivity contribution in [1.82, 2.24) is 9.97 Å². The lowest BCUT2D eigenvalue weighted by Gasteiger charge is -2.11. The van der Waals surface area contributed by atoms with Crippen LogP contribution in [0.1, 0.15) is 43.7 Å². The molecule has 0 aliphatic carbocycles. The summed E-state index contributed by atoms with van der Waals surface area (Å²) in [4.78, 5) is 8.77. The van der Waals surface area contributed by atoms with Gasteiger partial charge >= 0.3 is 6.18 Å². The predicted octanol–water partition coefficient (Wildman–Crippen LogP) is 8.26. The highest BCUT2D eigenvalue weighted by Gasteiger charge is 2.29. The second-order valence-corrected chi connectivity index (χ2v) is 9.29. The Kier molecular flexibility index (Phi) is 9.32. The monoisotopic (exact) mass is 544 g/mol. The first-order valence-corrected chi connectivity index (χ1v) is 12.9. The lowest BCUT2D eigenvalue weighted by Crippen LogP contribution is -2.19. The van der Waals surface area contributed by atoms with Crippen molar-refractivity contribution >= 4 is 10.8 Å². The van der Waals surface area contributed by atoms with Crippen molar-refractivity contribution in [3.63, 3.8) is 0 Å². The summed E-state index contributed by atoms with van der Waals surface area (Å²) >= 11 is 0. The van der Waals surface area contributed by atoms with E-state index in [9.17, 15) is 17.6 Å². The van der Waals surface area contributed by atoms with Crippen LogP contribution in [0, 0.1) is 11.6 Å². The van der Waals surface area contributed by atoms with Gasteiger partial charge in [0.2, 0.25) is 0 Å². The first kappa shape index (κ1) is 28.3. The van der Waals surface area contributed by atoms with Gasteiger partial charge in [0.1, 0.15) is 5.82 Å². The van der Waals surface area contributed by atoms with Crippen LogP contribution in [0.25, 0.3) is 22.2 Å². The number of hydrogen-bond donors (Lipinski definition) is 0. The van der Waals surface area contributed by atoms with Gasteiger partial charge in [0.05, 0.1) is 19.0 Å². The molecule has 1 heterocycles. The topological polar surface area (TPSA) is 44.2 Å². The van der Waals surface area contributed by atoms with Gasteiger partial charge in [0.15, 0.2) is 29.7 Å². The number of unbranched alkanes of at least 4 members (excludes halogenated alkanes) is 3. The van der Waals surface area contributed by atoms with Crippen LogP contribution in [-0.4, -0.2) is 29.4 Å². The van der Waals surface area contributed by atoms with E-state index in [2.05, 4.69) is 21.6 Å². The van der Waals surface area contributed by atoms with E-state index >= 15 is 4.39 Å². The maximum Gasteiger partial charge on any atom is 0.422 e. The van der Waals surface area contributed by atoms with E-state index in [1.54, 1.807) is 36.7 Å². The molecule has 4 rings (SSSR count). The SMILES string of the molecule is CCCCCCOc1cnc(-c2ccc3c(F)c(CCc4ccc(OCC(F)(F)F)c(F)c4)ccc3c2)nc1. The van der Waals surface area contributed by atoms with Gasteiger partial charge in [-0.1, -0.05) is 56.5 Å². The summed E-state index contributed by atoms with van der Waals surface area (Å²) in [5.41, 5.74) is 1.71. The minimum Gasteiger partial charge on any atom is -0.490 e. The number of nitrogens with zero attached hydrogens (tertiary/aromatic N) is 2. The summed E-state index contributed by atoms with van der Waals surface area (Å²) in [7, 11) is 0. The first-order valence-electron chi connectivity index (χ1n) is 12.9. The molecule has 0 atom stereocenters. The molecule has 0 aliphatic heterocycles. The summed E-state index contributed by atoms with van der Waals surface area (Å²) in [5, 5.41) is 1.12.